The van der Waals surface area contributed by atoms with Gasteiger partial charge in [0.2, 0.25) is 0 Å². The van der Waals surface area contributed by atoms with Gasteiger partial charge in [-0.15, -0.1) is 0 Å². The fourth-order valence-corrected chi connectivity index (χ4v) is 1.40. The Balaban J connectivity index is 3.03. The predicted molar refractivity (Wildman–Crippen MR) is 44.5 cm³/mol. The van der Waals surface area contributed by atoms with Gasteiger partial charge in [0, 0.05) is 23.9 Å². The first-order valence-corrected chi connectivity index (χ1v) is 3.84. The standard InChI is InChI=1S/C7H8BrNO2/c1-9-3-5(6(8)4-9)7(10)11-2/h3-4H,1-2H3. The Labute approximate surface area is 73.1 Å². The molecule has 0 fully saturated rings. The number of halogens is 1. The van der Waals surface area contributed by atoms with Gasteiger partial charge in [-0.05, 0) is 15.9 Å². The molecule has 3 nitrogen and oxygen atoms in total. The van der Waals surface area contributed by atoms with Crippen molar-refractivity contribution in [2.45, 2.75) is 0 Å². The molecule has 0 radical (unpaired) electrons. The van der Waals surface area contributed by atoms with Crippen LogP contribution in [0.3, 0.4) is 0 Å². The lowest BCUT2D eigenvalue weighted by molar-refractivity contribution is 0.0600. The van der Waals surface area contributed by atoms with Crippen LogP contribution in [0.1, 0.15) is 10.4 Å². The Morgan fingerprint density at radius 2 is 2.27 bits per heavy atom. The summed E-state index contributed by atoms with van der Waals surface area (Å²) in [4.78, 5) is 11.0. The summed E-state index contributed by atoms with van der Waals surface area (Å²) in [5.41, 5.74) is 0.551. The average Bonchev–Trinajstić information content (AvgIpc) is 2.28. The minimum atomic E-state index is -0.322. The summed E-state index contributed by atoms with van der Waals surface area (Å²) in [6.07, 6.45) is 3.50. The topological polar surface area (TPSA) is 31.2 Å². The minimum Gasteiger partial charge on any atom is -0.465 e. The van der Waals surface area contributed by atoms with Crippen LogP contribution in [-0.4, -0.2) is 17.6 Å². The molecule has 0 amide bonds. The number of nitrogens with zero attached hydrogens (tertiary/aromatic N) is 1. The fourth-order valence-electron chi connectivity index (χ4n) is 0.811. The van der Waals surface area contributed by atoms with Crippen LogP contribution in [0.2, 0.25) is 0 Å². The smallest absolute Gasteiger partial charge is 0.340 e. The minimum absolute atomic E-state index is 0.322. The molecule has 60 valence electrons. The molecule has 0 N–H and O–H groups in total. The van der Waals surface area contributed by atoms with Gasteiger partial charge in [-0.2, -0.15) is 0 Å². The number of carbonyl (C=O) groups is 1. The highest BCUT2D eigenvalue weighted by Crippen LogP contribution is 2.17. The molecule has 0 spiro atoms. The van der Waals surface area contributed by atoms with Crippen molar-refractivity contribution in [1.29, 1.82) is 0 Å². The van der Waals surface area contributed by atoms with Gasteiger partial charge >= 0.3 is 5.97 Å². The van der Waals surface area contributed by atoms with E-state index in [1.807, 2.05) is 7.05 Å². The molecule has 4 heteroatoms. The third-order valence-corrected chi connectivity index (χ3v) is 1.94. The lowest BCUT2D eigenvalue weighted by atomic mass is 10.3. The average molecular weight is 218 g/mol. The van der Waals surface area contributed by atoms with Gasteiger partial charge in [0.05, 0.1) is 12.7 Å². The van der Waals surface area contributed by atoms with E-state index in [4.69, 9.17) is 0 Å². The summed E-state index contributed by atoms with van der Waals surface area (Å²) in [6, 6.07) is 0. The van der Waals surface area contributed by atoms with E-state index in [-0.39, 0.29) is 5.97 Å². The first-order valence-electron chi connectivity index (χ1n) is 3.05. The van der Waals surface area contributed by atoms with Crippen molar-refractivity contribution in [2.24, 2.45) is 7.05 Å². The van der Waals surface area contributed by atoms with Crippen molar-refractivity contribution in [2.75, 3.05) is 7.11 Å². The predicted octanol–water partition coefficient (Wildman–Crippen LogP) is 1.57. The first-order chi connectivity index (χ1) is 5.15. The number of hydrogen-bond donors (Lipinski definition) is 0. The molecular weight excluding hydrogens is 210 g/mol. The number of methoxy groups -OCH3 is 1. The number of ether oxygens (including phenoxy) is 1. The van der Waals surface area contributed by atoms with Crippen LogP contribution in [0, 0.1) is 0 Å². The van der Waals surface area contributed by atoms with E-state index in [0.717, 1.165) is 4.47 Å². The van der Waals surface area contributed by atoms with E-state index in [2.05, 4.69) is 20.7 Å². The molecular formula is C7H8BrNO2. The monoisotopic (exact) mass is 217 g/mol. The number of carbonyl (C=O) groups excluding carboxylic acids is 1. The number of aromatic nitrogens is 1. The van der Waals surface area contributed by atoms with Crippen LogP contribution in [0.5, 0.6) is 0 Å². The van der Waals surface area contributed by atoms with E-state index in [9.17, 15) is 4.79 Å². The maximum atomic E-state index is 11.0. The highest BCUT2D eigenvalue weighted by Gasteiger charge is 2.11. The van der Waals surface area contributed by atoms with E-state index >= 15 is 0 Å². The van der Waals surface area contributed by atoms with Gasteiger partial charge in [-0.3, -0.25) is 0 Å². The zero-order valence-electron chi connectivity index (χ0n) is 6.30. The summed E-state index contributed by atoms with van der Waals surface area (Å²) in [5.74, 6) is -0.322. The SMILES string of the molecule is COC(=O)c1cn(C)cc1Br. The van der Waals surface area contributed by atoms with E-state index in [0.29, 0.717) is 5.56 Å². The quantitative estimate of drug-likeness (QED) is 0.670. The Kier molecular flexibility index (Phi) is 2.34. The Morgan fingerprint density at radius 3 is 2.64 bits per heavy atom. The largest absolute Gasteiger partial charge is 0.465 e. The van der Waals surface area contributed by atoms with Gasteiger partial charge in [0.1, 0.15) is 0 Å². The van der Waals surface area contributed by atoms with Crippen molar-refractivity contribution in [1.82, 2.24) is 4.57 Å². The van der Waals surface area contributed by atoms with Crippen LogP contribution >= 0.6 is 15.9 Å². The molecule has 11 heavy (non-hydrogen) atoms. The highest BCUT2D eigenvalue weighted by atomic mass is 79.9. The third kappa shape index (κ3) is 1.63. The Hall–Kier alpha value is -0.770. The van der Waals surface area contributed by atoms with Gasteiger partial charge in [0.25, 0.3) is 0 Å². The fraction of sp³-hybridized carbons (Fsp3) is 0.286. The summed E-state index contributed by atoms with van der Waals surface area (Å²) < 4.78 is 7.09. The summed E-state index contributed by atoms with van der Waals surface area (Å²) >= 11 is 3.24. The summed E-state index contributed by atoms with van der Waals surface area (Å²) in [5, 5.41) is 0. The van der Waals surface area contributed by atoms with Crippen molar-refractivity contribution < 1.29 is 9.53 Å². The molecule has 0 unspecified atom stereocenters. The molecule has 0 aliphatic heterocycles. The van der Waals surface area contributed by atoms with Crippen molar-refractivity contribution >= 4 is 21.9 Å². The molecule has 1 heterocycles. The molecule has 0 atom stereocenters. The number of hydrogen-bond acceptors (Lipinski definition) is 2. The van der Waals surface area contributed by atoms with Crippen LogP contribution in [0.15, 0.2) is 16.9 Å². The van der Waals surface area contributed by atoms with Gasteiger partial charge in [-0.25, -0.2) is 4.79 Å². The molecule has 0 saturated heterocycles. The zero-order valence-corrected chi connectivity index (χ0v) is 7.88. The van der Waals surface area contributed by atoms with Crippen molar-refractivity contribution in [3.05, 3.63) is 22.4 Å². The lowest BCUT2D eigenvalue weighted by Gasteiger charge is -1.93. The maximum Gasteiger partial charge on any atom is 0.340 e. The maximum absolute atomic E-state index is 11.0. The Bertz CT molecular complexity index is 280. The molecule has 0 aliphatic rings. The van der Waals surface area contributed by atoms with Crippen molar-refractivity contribution in [3.63, 3.8) is 0 Å². The van der Waals surface area contributed by atoms with Gasteiger partial charge < -0.3 is 9.30 Å². The first kappa shape index (κ1) is 8.33. The lowest BCUT2D eigenvalue weighted by Crippen LogP contribution is -1.99. The second kappa shape index (κ2) is 3.09. The molecule has 0 bridgehead atoms. The van der Waals surface area contributed by atoms with Crippen LogP contribution in [0.25, 0.3) is 0 Å². The number of rotatable bonds is 1. The highest BCUT2D eigenvalue weighted by molar-refractivity contribution is 9.10. The summed E-state index contributed by atoms with van der Waals surface area (Å²) in [7, 11) is 3.21. The van der Waals surface area contributed by atoms with Crippen LogP contribution < -0.4 is 0 Å². The van der Waals surface area contributed by atoms with Gasteiger partial charge in [0.15, 0.2) is 0 Å². The van der Waals surface area contributed by atoms with E-state index in [1.54, 1.807) is 17.0 Å². The van der Waals surface area contributed by atoms with Gasteiger partial charge in [-0.1, -0.05) is 0 Å². The van der Waals surface area contributed by atoms with Crippen LogP contribution in [0.4, 0.5) is 0 Å². The van der Waals surface area contributed by atoms with E-state index in [1.165, 1.54) is 7.11 Å². The third-order valence-electron chi connectivity index (χ3n) is 1.31. The van der Waals surface area contributed by atoms with Crippen LogP contribution in [-0.2, 0) is 11.8 Å². The molecule has 0 aromatic carbocycles. The second-order valence-electron chi connectivity index (χ2n) is 2.18. The molecule has 0 saturated carbocycles. The summed E-state index contributed by atoms with van der Waals surface area (Å²) in [6.45, 7) is 0. The van der Waals surface area contributed by atoms with Crippen molar-refractivity contribution in [3.8, 4) is 0 Å². The molecule has 1 aromatic rings. The molecule has 0 aliphatic carbocycles. The second-order valence-corrected chi connectivity index (χ2v) is 3.03. The zero-order chi connectivity index (χ0) is 8.43. The number of aryl methyl sites for hydroxylation is 1. The molecule has 1 rings (SSSR count). The molecule has 1 aromatic heterocycles. The van der Waals surface area contributed by atoms with E-state index < -0.39 is 0 Å². The Morgan fingerprint density at radius 1 is 1.64 bits per heavy atom. The number of esters is 1. The normalized spacial score (nSPS) is 9.73.